The summed E-state index contributed by atoms with van der Waals surface area (Å²) < 4.78 is 10.8. The molecule has 0 spiro atoms. The van der Waals surface area contributed by atoms with Crippen LogP contribution in [0.25, 0.3) is 6.08 Å². The van der Waals surface area contributed by atoms with Crippen molar-refractivity contribution in [2.75, 3.05) is 29.6 Å². The Balaban J connectivity index is 1.77. The highest BCUT2D eigenvalue weighted by atomic mass is 16.6. The van der Waals surface area contributed by atoms with Crippen LogP contribution in [0.2, 0.25) is 0 Å². The fourth-order valence-electron chi connectivity index (χ4n) is 3.16. The van der Waals surface area contributed by atoms with Gasteiger partial charge in [0.2, 0.25) is 17.8 Å². The molecular formula is C30H36N6O5. The lowest BCUT2D eigenvalue weighted by atomic mass is 9.98. The van der Waals surface area contributed by atoms with E-state index in [1.807, 2.05) is 41.5 Å². The molecule has 0 saturated carbocycles. The van der Waals surface area contributed by atoms with E-state index in [0.29, 0.717) is 22.5 Å². The minimum atomic E-state index is -0.748. The third-order valence-electron chi connectivity index (χ3n) is 5.15. The Labute approximate surface area is 239 Å². The number of hydrogen-bond acceptors (Lipinski definition) is 11. The predicted octanol–water partition coefficient (Wildman–Crippen LogP) is 5.32. The number of carbonyl (C=O) groups is 3. The van der Waals surface area contributed by atoms with Crippen LogP contribution in [-0.2, 0) is 19.1 Å². The van der Waals surface area contributed by atoms with Crippen molar-refractivity contribution in [1.82, 2.24) is 15.0 Å². The lowest BCUT2D eigenvalue weighted by Gasteiger charge is -2.20. The Hall–Kier alpha value is -4.80. The molecule has 0 unspecified atom stereocenters. The number of nitrogens with one attached hydrogen (secondary N) is 2. The van der Waals surface area contributed by atoms with Crippen LogP contribution in [0.1, 0.15) is 57.5 Å². The topological polar surface area (TPSA) is 158 Å². The molecule has 4 N–H and O–H groups in total. The summed E-state index contributed by atoms with van der Waals surface area (Å²) in [6.45, 7) is 11.9. The zero-order valence-electron chi connectivity index (χ0n) is 24.1. The molecule has 0 fully saturated rings. The smallest absolute Gasteiger partial charge is 0.345 e. The molecule has 0 saturated heterocycles. The SMILES string of the molecule is CC(C)(C)COC(=O)C(=Cc1ccc(Nc2nc(N)nc(Nc3ccc(C=O)cc3)n2)cc1)C(=O)OCC(C)(C)C. The van der Waals surface area contributed by atoms with Crippen LogP contribution in [0.3, 0.4) is 0 Å². The molecule has 0 aliphatic heterocycles. The average molecular weight is 561 g/mol. The molecule has 0 radical (unpaired) electrons. The van der Waals surface area contributed by atoms with Crippen LogP contribution in [0, 0.1) is 10.8 Å². The fraction of sp³-hybridized carbons (Fsp3) is 0.333. The van der Waals surface area contributed by atoms with Crippen LogP contribution < -0.4 is 16.4 Å². The van der Waals surface area contributed by atoms with E-state index >= 15 is 0 Å². The molecule has 41 heavy (non-hydrogen) atoms. The average Bonchev–Trinajstić information content (AvgIpc) is 2.89. The molecule has 11 nitrogen and oxygen atoms in total. The lowest BCUT2D eigenvalue weighted by Crippen LogP contribution is -2.25. The number of nitrogens with two attached hydrogens (primary N) is 1. The van der Waals surface area contributed by atoms with Gasteiger partial charge in [-0.15, -0.1) is 0 Å². The number of nitrogen functional groups attached to an aromatic ring is 1. The van der Waals surface area contributed by atoms with E-state index in [-0.39, 0.29) is 47.5 Å². The molecular weight excluding hydrogens is 524 g/mol. The zero-order chi connectivity index (χ0) is 30.2. The van der Waals surface area contributed by atoms with Crippen molar-refractivity contribution in [2.24, 2.45) is 10.8 Å². The molecule has 1 heterocycles. The van der Waals surface area contributed by atoms with Crippen molar-refractivity contribution in [3.05, 3.63) is 65.2 Å². The maximum atomic E-state index is 12.8. The summed E-state index contributed by atoms with van der Waals surface area (Å²) in [5, 5.41) is 6.08. The van der Waals surface area contributed by atoms with Crippen LogP contribution in [0.5, 0.6) is 0 Å². The monoisotopic (exact) mass is 560 g/mol. The molecule has 3 rings (SSSR count). The number of nitrogens with zero attached hydrogens (tertiary/aromatic N) is 3. The van der Waals surface area contributed by atoms with Gasteiger partial charge >= 0.3 is 11.9 Å². The minimum Gasteiger partial charge on any atom is -0.461 e. The van der Waals surface area contributed by atoms with Gasteiger partial charge in [0.1, 0.15) is 11.9 Å². The van der Waals surface area contributed by atoms with E-state index in [9.17, 15) is 14.4 Å². The molecule has 0 aliphatic rings. The molecule has 216 valence electrons. The van der Waals surface area contributed by atoms with Crippen molar-refractivity contribution in [2.45, 2.75) is 41.5 Å². The number of hydrogen-bond donors (Lipinski definition) is 3. The zero-order valence-corrected chi connectivity index (χ0v) is 24.1. The number of aromatic nitrogens is 3. The van der Waals surface area contributed by atoms with E-state index in [1.54, 1.807) is 48.5 Å². The van der Waals surface area contributed by atoms with Crippen LogP contribution >= 0.6 is 0 Å². The van der Waals surface area contributed by atoms with E-state index < -0.39 is 11.9 Å². The van der Waals surface area contributed by atoms with Gasteiger partial charge in [-0.05, 0) is 58.9 Å². The van der Waals surface area contributed by atoms with Crippen LogP contribution in [-0.4, -0.2) is 46.4 Å². The normalized spacial score (nSPS) is 11.3. The third kappa shape index (κ3) is 10.4. The Bertz CT molecular complexity index is 1370. The number of benzene rings is 2. The molecule has 1 aromatic heterocycles. The first-order chi connectivity index (χ1) is 19.2. The highest BCUT2D eigenvalue weighted by Crippen LogP contribution is 2.21. The van der Waals surface area contributed by atoms with Crippen molar-refractivity contribution in [3.63, 3.8) is 0 Å². The highest BCUT2D eigenvalue weighted by molar-refractivity contribution is 6.17. The molecule has 11 heteroatoms. The molecule has 3 aromatic rings. The molecule has 0 bridgehead atoms. The molecule has 2 aromatic carbocycles. The standard InChI is InChI=1S/C30H36N6O5/c1-29(2,3)17-40-24(38)23(25(39)41-18-30(4,5)6)15-19-7-11-21(12-8-19)32-27-34-26(31)35-28(36-27)33-22-13-9-20(16-37)10-14-22/h7-16H,17-18H2,1-6H3,(H4,31,32,33,34,35,36). The second-order valence-corrected chi connectivity index (χ2v) is 11.8. The van der Waals surface area contributed by atoms with Crippen molar-refractivity contribution < 1.29 is 23.9 Å². The number of carbonyl (C=O) groups excluding carboxylic acids is 3. The first kappa shape index (κ1) is 30.7. The summed E-state index contributed by atoms with van der Waals surface area (Å²) in [6, 6.07) is 13.7. The number of esters is 2. The first-order valence-corrected chi connectivity index (χ1v) is 13.0. The summed E-state index contributed by atoms with van der Waals surface area (Å²) in [5.41, 5.74) is 7.57. The third-order valence-corrected chi connectivity index (χ3v) is 5.15. The largest absolute Gasteiger partial charge is 0.461 e. The van der Waals surface area contributed by atoms with E-state index in [1.165, 1.54) is 6.08 Å². The highest BCUT2D eigenvalue weighted by Gasteiger charge is 2.25. The van der Waals surface area contributed by atoms with Gasteiger partial charge < -0.3 is 25.8 Å². The maximum Gasteiger partial charge on any atom is 0.345 e. The van der Waals surface area contributed by atoms with Crippen molar-refractivity contribution in [1.29, 1.82) is 0 Å². The Morgan fingerprint density at radius 2 is 1.15 bits per heavy atom. The number of ether oxygens (including phenoxy) is 2. The number of aldehydes is 1. The van der Waals surface area contributed by atoms with Crippen LogP contribution in [0.4, 0.5) is 29.2 Å². The molecule has 0 amide bonds. The van der Waals surface area contributed by atoms with Crippen LogP contribution in [0.15, 0.2) is 54.1 Å². The second-order valence-electron chi connectivity index (χ2n) is 11.8. The van der Waals surface area contributed by atoms with Gasteiger partial charge in [0.25, 0.3) is 0 Å². The van der Waals surface area contributed by atoms with Gasteiger partial charge in [-0.2, -0.15) is 15.0 Å². The lowest BCUT2D eigenvalue weighted by molar-refractivity contribution is -0.149. The Kier molecular flexibility index (Phi) is 9.77. The summed E-state index contributed by atoms with van der Waals surface area (Å²) in [6.07, 6.45) is 2.20. The van der Waals surface area contributed by atoms with E-state index in [2.05, 4.69) is 25.6 Å². The van der Waals surface area contributed by atoms with Gasteiger partial charge in [-0.25, -0.2) is 9.59 Å². The summed E-state index contributed by atoms with van der Waals surface area (Å²) in [4.78, 5) is 49.1. The van der Waals surface area contributed by atoms with Gasteiger partial charge in [-0.3, -0.25) is 4.79 Å². The van der Waals surface area contributed by atoms with Crippen molar-refractivity contribution >= 4 is 53.5 Å². The number of rotatable bonds is 10. The second kappa shape index (κ2) is 13.0. The number of anilines is 5. The summed E-state index contributed by atoms with van der Waals surface area (Å²) in [5.74, 6) is -1.08. The Morgan fingerprint density at radius 3 is 1.54 bits per heavy atom. The Morgan fingerprint density at radius 1 is 0.732 bits per heavy atom. The van der Waals surface area contributed by atoms with Crippen molar-refractivity contribution in [3.8, 4) is 0 Å². The van der Waals surface area contributed by atoms with E-state index in [4.69, 9.17) is 15.2 Å². The molecule has 0 atom stereocenters. The fourth-order valence-corrected chi connectivity index (χ4v) is 3.16. The maximum absolute atomic E-state index is 12.8. The first-order valence-electron chi connectivity index (χ1n) is 13.0. The summed E-state index contributed by atoms with van der Waals surface area (Å²) >= 11 is 0. The van der Waals surface area contributed by atoms with Gasteiger partial charge in [0.05, 0.1) is 13.2 Å². The predicted molar refractivity (Wildman–Crippen MR) is 158 cm³/mol. The molecule has 0 aliphatic carbocycles. The van der Waals surface area contributed by atoms with Gasteiger partial charge in [0.15, 0.2) is 0 Å². The summed E-state index contributed by atoms with van der Waals surface area (Å²) in [7, 11) is 0. The minimum absolute atomic E-state index is 0.00115. The van der Waals surface area contributed by atoms with E-state index in [0.717, 1.165) is 6.29 Å². The quantitative estimate of drug-likeness (QED) is 0.0969. The van der Waals surface area contributed by atoms with Gasteiger partial charge in [-0.1, -0.05) is 53.7 Å². The van der Waals surface area contributed by atoms with Gasteiger partial charge in [0, 0.05) is 16.9 Å².